The second-order valence-corrected chi connectivity index (χ2v) is 1.88. The number of aliphatic carboxylic acids is 1. The number of hydrogen-bond donors (Lipinski definition) is 3. The third kappa shape index (κ3) is 1.33. The summed E-state index contributed by atoms with van der Waals surface area (Å²) < 4.78 is 0. The first-order valence-corrected chi connectivity index (χ1v) is 2.84. The van der Waals surface area contributed by atoms with Gasteiger partial charge < -0.3 is 15.2 Å². The van der Waals surface area contributed by atoms with E-state index in [1.54, 1.807) is 0 Å². The molecule has 1 rings (SSSR count). The number of oxime groups is 1. The summed E-state index contributed by atoms with van der Waals surface area (Å²) in [5.74, 6) is 3.71. The predicted molar refractivity (Wildman–Crippen MR) is 36.2 cm³/mol. The molecular weight excluding hydrogens is 168 g/mol. The number of nitrogens with zero attached hydrogens (tertiary/aromatic N) is 3. The minimum Gasteiger partial charge on any atom is -0.477 e. The number of carboxylic acid groups (broad SMARTS) is 1. The molecule has 0 radical (unpaired) electrons. The second-order valence-electron chi connectivity index (χ2n) is 1.88. The van der Waals surface area contributed by atoms with Crippen molar-refractivity contribution in [3.63, 3.8) is 0 Å². The van der Waals surface area contributed by atoms with Crippen molar-refractivity contribution < 1.29 is 19.9 Å². The number of rotatable bonds is 2. The molecule has 0 aromatic carbocycles. The average molecular weight is 174 g/mol. The maximum atomic E-state index is 10.4. The van der Waals surface area contributed by atoms with Crippen LogP contribution >= 0.6 is 0 Å². The fraction of sp³-hybridized carbons (Fsp3) is 0.250. The molecule has 0 aliphatic carbocycles. The van der Waals surface area contributed by atoms with Crippen molar-refractivity contribution in [1.29, 1.82) is 0 Å². The topological polar surface area (TPSA) is 121 Å². The monoisotopic (exact) mass is 174 g/mol. The standard InChI is InChI=1S/C4H6N4O4/c5-8-3(6-1-12-8)2(7-11)4(9)10/h1,3,11H,5H2,(H,9,10). The molecule has 66 valence electrons. The lowest BCUT2D eigenvalue weighted by Gasteiger charge is -2.12. The number of carbonyl (C=O) groups is 1. The molecule has 1 aliphatic heterocycles. The van der Waals surface area contributed by atoms with Crippen LogP contribution in [-0.4, -0.2) is 39.7 Å². The quantitative estimate of drug-likeness (QED) is 0.200. The van der Waals surface area contributed by atoms with Crippen LogP contribution in [0.3, 0.4) is 0 Å². The van der Waals surface area contributed by atoms with Crippen LogP contribution in [0.5, 0.6) is 0 Å². The van der Waals surface area contributed by atoms with Gasteiger partial charge in [0.25, 0.3) is 0 Å². The summed E-state index contributed by atoms with van der Waals surface area (Å²) in [6.45, 7) is 0. The van der Waals surface area contributed by atoms with Gasteiger partial charge >= 0.3 is 5.97 Å². The summed E-state index contributed by atoms with van der Waals surface area (Å²) in [6.07, 6.45) is -0.147. The SMILES string of the molecule is NN1OC=NC1C(=NO)C(=O)O. The van der Waals surface area contributed by atoms with Gasteiger partial charge in [-0.15, -0.1) is 0 Å². The zero-order valence-corrected chi connectivity index (χ0v) is 5.78. The Bertz CT molecular complexity index is 249. The predicted octanol–water partition coefficient (Wildman–Crippen LogP) is -1.62. The highest BCUT2D eigenvalue weighted by molar-refractivity contribution is 6.37. The van der Waals surface area contributed by atoms with Crippen molar-refractivity contribution in [2.24, 2.45) is 16.0 Å². The third-order valence-corrected chi connectivity index (χ3v) is 1.18. The highest BCUT2D eigenvalue weighted by atomic mass is 16.7. The molecule has 1 atom stereocenters. The van der Waals surface area contributed by atoms with E-state index < -0.39 is 17.8 Å². The van der Waals surface area contributed by atoms with Crippen molar-refractivity contribution in [1.82, 2.24) is 5.17 Å². The molecule has 0 bridgehead atoms. The lowest BCUT2D eigenvalue weighted by Crippen LogP contribution is -2.43. The van der Waals surface area contributed by atoms with Gasteiger partial charge in [0.1, 0.15) is 0 Å². The van der Waals surface area contributed by atoms with Gasteiger partial charge in [0.05, 0.1) is 0 Å². The molecule has 1 heterocycles. The van der Waals surface area contributed by atoms with Gasteiger partial charge in [-0.1, -0.05) is 5.16 Å². The first-order chi connectivity index (χ1) is 5.66. The lowest BCUT2D eigenvalue weighted by atomic mass is 10.3. The first-order valence-electron chi connectivity index (χ1n) is 2.84. The van der Waals surface area contributed by atoms with Crippen LogP contribution in [0.2, 0.25) is 0 Å². The van der Waals surface area contributed by atoms with Gasteiger partial charge in [0.15, 0.2) is 0 Å². The van der Waals surface area contributed by atoms with E-state index in [9.17, 15) is 4.79 Å². The zero-order valence-electron chi connectivity index (χ0n) is 5.78. The summed E-state index contributed by atoms with van der Waals surface area (Å²) in [5.41, 5.74) is -0.605. The second kappa shape index (κ2) is 3.15. The van der Waals surface area contributed by atoms with Crippen LogP contribution < -0.4 is 5.84 Å². The summed E-state index contributed by atoms with van der Waals surface area (Å²) in [5, 5.41) is 19.9. The molecule has 4 N–H and O–H groups in total. The van der Waals surface area contributed by atoms with Gasteiger partial charge in [0, 0.05) is 0 Å². The van der Waals surface area contributed by atoms with Crippen molar-refractivity contribution in [3.05, 3.63) is 0 Å². The van der Waals surface area contributed by atoms with Gasteiger partial charge in [-0.3, -0.25) is 0 Å². The number of hydrazine groups is 1. The zero-order chi connectivity index (χ0) is 9.14. The first kappa shape index (κ1) is 8.43. The highest BCUT2D eigenvalue weighted by Gasteiger charge is 2.31. The van der Waals surface area contributed by atoms with Crippen molar-refractivity contribution in [2.45, 2.75) is 6.17 Å². The fourth-order valence-electron chi connectivity index (χ4n) is 0.659. The summed E-state index contributed by atoms with van der Waals surface area (Å²) in [7, 11) is 0. The smallest absolute Gasteiger partial charge is 0.357 e. The Labute approximate surface area is 66.5 Å². The van der Waals surface area contributed by atoms with Crippen molar-refractivity contribution in [2.75, 3.05) is 0 Å². The Morgan fingerprint density at radius 2 is 2.50 bits per heavy atom. The highest BCUT2D eigenvalue weighted by Crippen LogP contribution is 2.04. The summed E-state index contributed by atoms with van der Waals surface area (Å²) in [6, 6.07) is 0. The van der Waals surface area contributed by atoms with Gasteiger partial charge in [-0.25, -0.2) is 15.6 Å². The molecule has 1 aliphatic rings. The molecule has 1 unspecified atom stereocenters. The van der Waals surface area contributed by atoms with Crippen LogP contribution in [0.4, 0.5) is 0 Å². The molecule has 12 heavy (non-hydrogen) atoms. The molecule has 0 aromatic rings. The number of nitrogens with two attached hydrogens (primary N) is 1. The Morgan fingerprint density at radius 1 is 1.83 bits per heavy atom. The molecule has 0 amide bonds. The van der Waals surface area contributed by atoms with Gasteiger partial charge in [0.2, 0.25) is 18.3 Å². The largest absolute Gasteiger partial charge is 0.477 e. The summed E-state index contributed by atoms with van der Waals surface area (Å²) >= 11 is 0. The van der Waals surface area contributed by atoms with E-state index >= 15 is 0 Å². The number of carboxylic acids is 1. The number of hydroxylamine groups is 1. The molecule has 0 spiro atoms. The molecule has 0 saturated carbocycles. The minimum absolute atomic E-state index is 0.605. The van der Waals surface area contributed by atoms with Crippen LogP contribution in [0.15, 0.2) is 10.1 Å². The third-order valence-electron chi connectivity index (χ3n) is 1.18. The molecule has 8 nitrogen and oxygen atoms in total. The van der Waals surface area contributed by atoms with Crippen molar-refractivity contribution in [3.8, 4) is 0 Å². The van der Waals surface area contributed by atoms with Crippen LogP contribution in [-0.2, 0) is 9.63 Å². The molecular formula is C4H6N4O4. The lowest BCUT2D eigenvalue weighted by molar-refractivity contribution is -0.131. The van der Waals surface area contributed by atoms with Gasteiger partial charge in [-0.05, 0) is 5.17 Å². The molecule has 0 aromatic heterocycles. The minimum atomic E-state index is -1.42. The number of aliphatic imine (C=N–C) groups is 1. The van der Waals surface area contributed by atoms with E-state index in [1.165, 1.54) is 0 Å². The average Bonchev–Trinajstić information content (AvgIpc) is 2.38. The van der Waals surface area contributed by atoms with Crippen LogP contribution in [0.25, 0.3) is 0 Å². The Hall–Kier alpha value is -1.67. The molecule has 0 saturated heterocycles. The van der Waals surface area contributed by atoms with E-state index in [-0.39, 0.29) is 0 Å². The maximum absolute atomic E-state index is 10.4. The van der Waals surface area contributed by atoms with E-state index in [0.717, 1.165) is 6.40 Å². The fourth-order valence-corrected chi connectivity index (χ4v) is 0.659. The molecule has 8 heteroatoms. The summed E-state index contributed by atoms with van der Waals surface area (Å²) in [4.78, 5) is 18.3. The van der Waals surface area contributed by atoms with E-state index in [2.05, 4.69) is 15.0 Å². The Morgan fingerprint density at radius 3 is 2.83 bits per heavy atom. The molecule has 0 fully saturated rings. The normalized spacial score (nSPS) is 24.1. The van der Waals surface area contributed by atoms with Crippen molar-refractivity contribution >= 4 is 18.1 Å². The van der Waals surface area contributed by atoms with E-state index in [4.69, 9.17) is 16.2 Å². The maximum Gasteiger partial charge on any atom is 0.357 e. The van der Waals surface area contributed by atoms with Crippen LogP contribution in [0, 0.1) is 0 Å². The van der Waals surface area contributed by atoms with Crippen LogP contribution in [0.1, 0.15) is 0 Å². The van der Waals surface area contributed by atoms with E-state index in [0.29, 0.717) is 5.17 Å². The van der Waals surface area contributed by atoms with Gasteiger partial charge in [-0.2, -0.15) is 0 Å². The number of hydrogen-bond acceptors (Lipinski definition) is 7. The Balaban J connectivity index is 2.80. The Kier molecular flexibility index (Phi) is 2.21. The van der Waals surface area contributed by atoms with E-state index in [1.807, 2.05) is 0 Å².